The minimum atomic E-state index is -1.74. The third-order valence-electron chi connectivity index (χ3n) is 6.19. The summed E-state index contributed by atoms with van der Waals surface area (Å²) in [5.41, 5.74) is 0. The Bertz CT molecular complexity index is 625. The molecule has 3 heterocycles. The minimum Gasteiger partial charge on any atom is -0.394 e. The molecule has 0 saturated carbocycles. The smallest absolute Gasteiger partial charge is 0.187 e. The van der Waals surface area contributed by atoms with Gasteiger partial charge < -0.3 is 74.4 Å². The third-order valence-corrected chi connectivity index (χ3v) is 6.19. The Morgan fingerprint density at radius 3 is 1.76 bits per heavy atom. The van der Waals surface area contributed by atoms with Gasteiger partial charge in [-0.1, -0.05) is 0 Å². The average molecular weight is 502 g/mol. The van der Waals surface area contributed by atoms with Crippen molar-refractivity contribution in [3.63, 3.8) is 0 Å². The summed E-state index contributed by atoms with van der Waals surface area (Å²) in [5.74, 6) is 0. The molecule has 0 bridgehead atoms. The highest BCUT2D eigenvalue weighted by atomic mass is 16.8. The van der Waals surface area contributed by atoms with E-state index in [-0.39, 0.29) is 6.42 Å². The highest BCUT2D eigenvalue weighted by Gasteiger charge is 2.52. The summed E-state index contributed by atoms with van der Waals surface area (Å²) in [6, 6.07) is 0. The van der Waals surface area contributed by atoms with Crippen LogP contribution in [0, 0.1) is 0 Å². The van der Waals surface area contributed by atoms with Gasteiger partial charge in [0.25, 0.3) is 0 Å². The van der Waals surface area contributed by atoms with Gasteiger partial charge >= 0.3 is 0 Å². The molecule has 15 nitrogen and oxygen atoms in total. The van der Waals surface area contributed by atoms with Crippen molar-refractivity contribution >= 4 is 0 Å². The Balaban J connectivity index is 1.75. The molecule has 0 unspecified atom stereocenters. The van der Waals surface area contributed by atoms with E-state index in [0.717, 1.165) is 0 Å². The first-order valence-electron chi connectivity index (χ1n) is 10.9. The van der Waals surface area contributed by atoms with E-state index in [1.54, 1.807) is 0 Å². The molecule has 3 aliphatic heterocycles. The number of methoxy groups -OCH3 is 1. The molecule has 9 N–H and O–H groups in total. The van der Waals surface area contributed by atoms with Gasteiger partial charge in [-0.15, -0.1) is 0 Å². The molecule has 15 heteroatoms. The molecule has 3 aliphatic rings. The first kappa shape index (κ1) is 28.0. The Hall–Kier alpha value is -0.600. The number of ether oxygens (including phenoxy) is 6. The van der Waals surface area contributed by atoms with Crippen LogP contribution in [0.2, 0.25) is 0 Å². The van der Waals surface area contributed by atoms with Crippen molar-refractivity contribution in [2.24, 2.45) is 0 Å². The molecule has 0 aliphatic carbocycles. The highest BCUT2D eigenvalue weighted by Crippen LogP contribution is 2.32. The standard InChI is InChI=1S/C19H34O15/c1-29-19-17(14(27)12(25)8(4-21)32-19)34-18-15(28)16(13(26)9(5-22)31-18)33-10-2-6(23)11(24)7(3-20)30-10/h6-28H,2-5H2,1H3/t6-,7-,8-,9-,10-,11+,12-,13-,14+,15+,16+,17+,18-,19+/m1/s1. The lowest BCUT2D eigenvalue weighted by Gasteiger charge is -2.47. The zero-order chi connectivity index (χ0) is 25.2. The van der Waals surface area contributed by atoms with Gasteiger partial charge in [0.1, 0.15) is 61.0 Å². The van der Waals surface area contributed by atoms with Crippen LogP contribution in [0.15, 0.2) is 0 Å². The van der Waals surface area contributed by atoms with Gasteiger partial charge in [-0.3, -0.25) is 0 Å². The van der Waals surface area contributed by atoms with Crippen LogP contribution in [0.25, 0.3) is 0 Å². The summed E-state index contributed by atoms with van der Waals surface area (Å²) >= 11 is 0. The molecule has 14 atom stereocenters. The highest BCUT2D eigenvalue weighted by molar-refractivity contribution is 4.95. The Labute approximate surface area is 194 Å². The molecule has 0 aromatic carbocycles. The topological polar surface area (TPSA) is 237 Å². The van der Waals surface area contributed by atoms with Crippen LogP contribution in [0.5, 0.6) is 0 Å². The van der Waals surface area contributed by atoms with Crippen molar-refractivity contribution < 1.29 is 74.4 Å². The predicted molar refractivity (Wildman–Crippen MR) is 105 cm³/mol. The van der Waals surface area contributed by atoms with Crippen LogP contribution in [0.4, 0.5) is 0 Å². The molecule has 3 rings (SSSR count). The summed E-state index contributed by atoms with van der Waals surface area (Å²) in [7, 11) is 1.22. The summed E-state index contributed by atoms with van der Waals surface area (Å²) in [6.45, 7) is -1.96. The van der Waals surface area contributed by atoms with Crippen molar-refractivity contribution in [3.05, 3.63) is 0 Å². The number of hydrogen-bond acceptors (Lipinski definition) is 15. The summed E-state index contributed by atoms with van der Waals surface area (Å²) in [5, 5.41) is 90.1. The van der Waals surface area contributed by atoms with Crippen LogP contribution in [0.3, 0.4) is 0 Å². The van der Waals surface area contributed by atoms with E-state index in [2.05, 4.69) is 0 Å². The molecule has 0 radical (unpaired) electrons. The maximum Gasteiger partial charge on any atom is 0.187 e. The van der Waals surface area contributed by atoms with E-state index in [1.807, 2.05) is 0 Å². The van der Waals surface area contributed by atoms with Crippen molar-refractivity contribution in [1.29, 1.82) is 0 Å². The molecule has 0 aromatic heterocycles. The van der Waals surface area contributed by atoms with Crippen molar-refractivity contribution in [2.45, 2.75) is 92.4 Å². The van der Waals surface area contributed by atoms with Gasteiger partial charge in [-0.25, -0.2) is 0 Å². The molecule has 0 aromatic rings. The van der Waals surface area contributed by atoms with Crippen molar-refractivity contribution in [3.8, 4) is 0 Å². The van der Waals surface area contributed by atoms with Crippen molar-refractivity contribution in [1.82, 2.24) is 0 Å². The zero-order valence-electron chi connectivity index (χ0n) is 18.4. The van der Waals surface area contributed by atoms with Gasteiger partial charge in [-0.05, 0) is 0 Å². The largest absolute Gasteiger partial charge is 0.394 e. The predicted octanol–water partition coefficient (Wildman–Crippen LogP) is -5.89. The minimum absolute atomic E-state index is 0.251. The first-order valence-corrected chi connectivity index (χ1v) is 10.9. The number of rotatable bonds is 8. The fourth-order valence-electron chi connectivity index (χ4n) is 4.20. The van der Waals surface area contributed by atoms with Crippen molar-refractivity contribution in [2.75, 3.05) is 26.9 Å². The summed E-state index contributed by atoms with van der Waals surface area (Å²) in [4.78, 5) is 0. The average Bonchev–Trinajstić information content (AvgIpc) is 2.83. The fourth-order valence-corrected chi connectivity index (χ4v) is 4.20. The van der Waals surface area contributed by atoms with Gasteiger partial charge in [0.2, 0.25) is 0 Å². The molecule has 3 saturated heterocycles. The van der Waals surface area contributed by atoms with Crippen LogP contribution >= 0.6 is 0 Å². The van der Waals surface area contributed by atoms with E-state index >= 15 is 0 Å². The molecule has 34 heavy (non-hydrogen) atoms. The Morgan fingerprint density at radius 1 is 0.618 bits per heavy atom. The zero-order valence-corrected chi connectivity index (χ0v) is 18.4. The lowest BCUT2D eigenvalue weighted by Crippen LogP contribution is -2.65. The fraction of sp³-hybridized carbons (Fsp3) is 1.00. The number of hydrogen-bond donors (Lipinski definition) is 9. The van der Waals surface area contributed by atoms with Gasteiger partial charge in [0.05, 0.1) is 25.9 Å². The van der Waals surface area contributed by atoms with Gasteiger partial charge in [0, 0.05) is 13.5 Å². The number of aliphatic hydroxyl groups excluding tert-OH is 9. The molecule has 3 fully saturated rings. The van der Waals surface area contributed by atoms with Gasteiger partial charge in [0.15, 0.2) is 18.9 Å². The second-order valence-electron chi connectivity index (χ2n) is 8.43. The number of aliphatic hydroxyl groups is 9. The van der Waals surface area contributed by atoms with Crippen LogP contribution in [-0.2, 0) is 28.4 Å². The molecular formula is C19H34O15. The van der Waals surface area contributed by atoms with E-state index in [9.17, 15) is 46.0 Å². The first-order chi connectivity index (χ1) is 16.2. The Morgan fingerprint density at radius 2 is 1.18 bits per heavy atom. The molecule has 200 valence electrons. The van der Waals surface area contributed by atoms with E-state index < -0.39 is 106 Å². The van der Waals surface area contributed by atoms with Crippen LogP contribution < -0.4 is 0 Å². The molecule has 0 amide bonds. The molecular weight excluding hydrogens is 468 g/mol. The molecule has 0 spiro atoms. The summed E-state index contributed by atoms with van der Waals surface area (Å²) in [6.07, 6.45) is -20.2. The van der Waals surface area contributed by atoms with Gasteiger partial charge in [-0.2, -0.15) is 0 Å². The van der Waals surface area contributed by atoms with E-state index in [1.165, 1.54) is 7.11 Å². The normalized spacial score (nSPS) is 50.3. The second kappa shape index (κ2) is 12.1. The van der Waals surface area contributed by atoms with Crippen LogP contribution in [0.1, 0.15) is 6.42 Å². The second-order valence-corrected chi connectivity index (χ2v) is 8.43. The van der Waals surface area contributed by atoms with E-state index in [0.29, 0.717) is 0 Å². The monoisotopic (exact) mass is 502 g/mol. The quantitative estimate of drug-likeness (QED) is 0.150. The summed E-state index contributed by atoms with van der Waals surface area (Å²) < 4.78 is 32.5. The lowest BCUT2D eigenvalue weighted by molar-refractivity contribution is -0.377. The van der Waals surface area contributed by atoms with Crippen LogP contribution in [-0.4, -0.2) is 159 Å². The third kappa shape index (κ3) is 5.69. The Kier molecular flexibility index (Phi) is 9.95. The maximum absolute atomic E-state index is 10.8. The SMILES string of the molecule is CO[C@H]1O[C@H](CO)[C@@H](O)[C@H](O)[C@@H]1O[C@H]1O[C@H](CO)[C@@H](O)[C@H](O[C@@H]2C[C@@H](O)[C@H](O)[C@@H](CO)O2)[C@@H]1O. The maximum atomic E-state index is 10.8. The van der Waals surface area contributed by atoms with E-state index in [4.69, 9.17) is 28.4 Å². The lowest BCUT2D eigenvalue weighted by atomic mass is 9.96.